The first-order valence-corrected chi connectivity index (χ1v) is 6.04. The van der Waals surface area contributed by atoms with Gasteiger partial charge >= 0.3 is 0 Å². The summed E-state index contributed by atoms with van der Waals surface area (Å²) in [5.74, 6) is 1.34. The molecular formula is C14H18FNO. The molecule has 0 aliphatic carbocycles. The van der Waals surface area contributed by atoms with E-state index in [4.69, 9.17) is 4.42 Å². The van der Waals surface area contributed by atoms with E-state index >= 15 is 0 Å². The average molecular weight is 235 g/mol. The van der Waals surface area contributed by atoms with Crippen LogP contribution in [0.3, 0.4) is 0 Å². The zero-order chi connectivity index (χ0) is 12.3. The number of furan rings is 1. The highest BCUT2D eigenvalue weighted by molar-refractivity contribution is 5.77. The number of nitrogens with one attached hydrogen (secondary N) is 1. The molecular weight excluding hydrogens is 217 g/mol. The van der Waals surface area contributed by atoms with Crippen LogP contribution in [0.4, 0.5) is 4.39 Å². The summed E-state index contributed by atoms with van der Waals surface area (Å²) in [4.78, 5) is 0. The molecule has 0 saturated heterocycles. The standard InChI is InChI=1S/C14H18FNO/c1-10(2)9-16-6-5-13-8-11-7-12(15)3-4-14(11)17-13/h3-4,7-8,10,16H,5-6,9H2,1-2H3. The first kappa shape index (κ1) is 12.1. The van der Waals surface area contributed by atoms with Crippen LogP contribution < -0.4 is 5.32 Å². The monoisotopic (exact) mass is 235 g/mol. The molecule has 0 unspecified atom stereocenters. The Morgan fingerprint density at radius 3 is 2.88 bits per heavy atom. The van der Waals surface area contributed by atoms with E-state index in [1.54, 1.807) is 6.07 Å². The molecule has 1 aromatic heterocycles. The lowest BCUT2D eigenvalue weighted by Gasteiger charge is -2.05. The van der Waals surface area contributed by atoms with Crippen molar-refractivity contribution in [2.75, 3.05) is 13.1 Å². The molecule has 0 spiro atoms. The third kappa shape index (κ3) is 3.30. The summed E-state index contributed by atoms with van der Waals surface area (Å²) in [6.07, 6.45) is 0.836. The first-order valence-electron chi connectivity index (χ1n) is 6.04. The van der Waals surface area contributed by atoms with E-state index < -0.39 is 0 Å². The fourth-order valence-electron chi connectivity index (χ4n) is 1.79. The smallest absolute Gasteiger partial charge is 0.134 e. The van der Waals surface area contributed by atoms with Gasteiger partial charge in [0.15, 0.2) is 0 Å². The van der Waals surface area contributed by atoms with Crippen molar-refractivity contribution in [1.29, 1.82) is 0 Å². The van der Waals surface area contributed by atoms with Crippen LogP contribution >= 0.6 is 0 Å². The van der Waals surface area contributed by atoms with Gasteiger partial charge in [0.1, 0.15) is 17.2 Å². The van der Waals surface area contributed by atoms with Crippen LogP contribution in [0.5, 0.6) is 0 Å². The van der Waals surface area contributed by atoms with Gasteiger partial charge in [-0.25, -0.2) is 4.39 Å². The molecule has 0 bridgehead atoms. The maximum Gasteiger partial charge on any atom is 0.134 e. The molecule has 92 valence electrons. The quantitative estimate of drug-likeness (QED) is 0.804. The Bertz CT molecular complexity index is 490. The second-order valence-corrected chi connectivity index (χ2v) is 4.74. The van der Waals surface area contributed by atoms with E-state index in [2.05, 4.69) is 19.2 Å². The zero-order valence-electron chi connectivity index (χ0n) is 10.3. The van der Waals surface area contributed by atoms with Gasteiger partial charge < -0.3 is 9.73 Å². The molecule has 17 heavy (non-hydrogen) atoms. The third-order valence-corrected chi connectivity index (χ3v) is 2.63. The number of benzene rings is 1. The summed E-state index contributed by atoms with van der Waals surface area (Å²) in [5, 5.41) is 4.19. The van der Waals surface area contributed by atoms with Crippen molar-refractivity contribution in [3.8, 4) is 0 Å². The molecule has 2 aromatic rings. The Morgan fingerprint density at radius 2 is 2.12 bits per heavy atom. The molecule has 2 nitrogen and oxygen atoms in total. The summed E-state index contributed by atoms with van der Waals surface area (Å²) >= 11 is 0. The van der Waals surface area contributed by atoms with Crippen LogP contribution in [-0.2, 0) is 6.42 Å². The van der Waals surface area contributed by atoms with Gasteiger partial charge in [-0.2, -0.15) is 0 Å². The van der Waals surface area contributed by atoms with Crippen LogP contribution in [0, 0.1) is 11.7 Å². The van der Waals surface area contributed by atoms with E-state index in [0.29, 0.717) is 5.92 Å². The lowest BCUT2D eigenvalue weighted by Crippen LogP contribution is -2.21. The van der Waals surface area contributed by atoms with E-state index in [1.807, 2.05) is 6.07 Å². The van der Waals surface area contributed by atoms with Crippen LogP contribution in [0.1, 0.15) is 19.6 Å². The fraction of sp³-hybridized carbons (Fsp3) is 0.429. The molecule has 1 heterocycles. The van der Waals surface area contributed by atoms with Crippen molar-refractivity contribution in [3.05, 3.63) is 35.8 Å². The number of rotatable bonds is 5. The SMILES string of the molecule is CC(C)CNCCc1cc2cc(F)ccc2o1. The maximum absolute atomic E-state index is 13.0. The van der Waals surface area contributed by atoms with Gasteiger partial charge in [-0.3, -0.25) is 0 Å². The molecule has 0 radical (unpaired) electrons. The second-order valence-electron chi connectivity index (χ2n) is 4.74. The molecule has 0 aliphatic heterocycles. The van der Waals surface area contributed by atoms with Crippen molar-refractivity contribution in [2.45, 2.75) is 20.3 Å². The Kier molecular flexibility index (Phi) is 3.79. The minimum absolute atomic E-state index is 0.220. The number of hydrogen-bond acceptors (Lipinski definition) is 2. The van der Waals surface area contributed by atoms with Crippen LogP contribution in [0.2, 0.25) is 0 Å². The summed E-state index contributed by atoms with van der Waals surface area (Å²) in [5.41, 5.74) is 0.755. The molecule has 0 saturated carbocycles. The van der Waals surface area contributed by atoms with Gasteiger partial charge in [-0.05, 0) is 36.7 Å². The second kappa shape index (κ2) is 5.32. The fourth-order valence-corrected chi connectivity index (χ4v) is 1.79. The predicted octanol–water partition coefficient (Wildman–Crippen LogP) is 3.36. The van der Waals surface area contributed by atoms with Crippen molar-refractivity contribution in [2.24, 2.45) is 5.92 Å². The van der Waals surface area contributed by atoms with Crippen LogP contribution in [0.25, 0.3) is 11.0 Å². The zero-order valence-corrected chi connectivity index (χ0v) is 10.3. The first-order chi connectivity index (χ1) is 8.15. The average Bonchev–Trinajstić information content (AvgIpc) is 2.66. The van der Waals surface area contributed by atoms with Crippen molar-refractivity contribution >= 4 is 11.0 Å². The van der Waals surface area contributed by atoms with Gasteiger partial charge in [0, 0.05) is 18.4 Å². The Balaban J connectivity index is 1.95. The molecule has 0 aliphatic rings. The van der Waals surface area contributed by atoms with Gasteiger partial charge in [-0.1, -0.05) is 13.8 Å². The lowest BCUT2D eigenvalue weighted by atomic mass is 10.2. The highest BCUT2D eigenvalue weighted by Crippen LogP contribution is 2.20. The Hall–Kier alpha value is -1.35. The topological polar surface area (TPSA) is 25.2 Å². The minimum Gasteiger partial charge on any atom is -0.461 e. The van der Waals surface area contributed by atoms with Crippen LogP contribution in [0.15, 0.2) is 28.7 Å². The van der Waals surface area contributed by atoms with Crippen molar-refractivity contribution in [1.82, 2.24) is 5.32 Å². The number of halogens is 1. The van der Waals surface area contributed by atoms with Gasteiger partial charge in [-0.15, -0.1) is 0 Å². The molecule has 2 rings (SSSR count). The molecule has 0 fully saturated rings. The van der Waals surface area contributed by atoms with E-state index in [-0.39, 0.29) is 5.82 Å². The highest BCUT2D eigenvalue weighted by Gasteiger charge is 2.04. The maximum atomic E-state index is 13.0. The lowest BCUT2D eigenvalue weighted by molar-refractivity contribution is 0.509. The van der Waals surface area contributed by atoms with Crippen molar-refractivity contribution in [3.63, 3.8) is 0 Å². The molecule has 0 amide bonds. The van der Waals surface area contributed by atoms with Crippen LogP contribution in [-0.4, -0.2) is 13.1 Å². The largest absolute Gasteiger partial charge is 0.461 e. The Labute approximate surface area is 101 Å². The predicted molar refractivity (Wildman–Crippen MR) is 67.6 cm³/mol. The molecule has 0 atom stereocenters. The Morgan fingerprint density at radius 1 is 1.29 bits per heavy atom. The van der Waals surface area contributed by atoms with Crippen molar-refractivity contribution < 1.29 is 8.81 Å². The summed E-state index contributed by atoms with van der Waals surface area (Å²) in [6.45, 7) is 6.25. The molecule has 1 aromatic carbocycles. The van der Waals surface area contributed by atoms with Gasteiger partial charge in [0.25, 0.3) is 0 Å². The van der Waals surface area contributed by atoms with Gasteiger partial charge in [0.2, 0.25) is 0 Å². The summed E-state index contributed by atoms with van der Waals surface area (Å²) in [7, 11) is 0. The molecule has 1 N–H and O–H groups in total. The van der Waals surface area contributed by atoms with E-state index in [9.17, 15) is 4.39 Å². The third-order valence-electron chi connectivity index (χ3n) is 2.63. The van der Waals surface area contributed by atoms with Gasteiger partial charge in [0.05, 0.1) is 0 Å². The molecule has 3 heteroatoms. The number of fused-ring (bicyclic) bond motifs is 1. The summed E-state index contributed by atoms with van der Waals surface area (Å²) < 4.78 is 18.6. The van der Waals surface area contributed by atoms with E-state index in [1.165, 1.54) is 12.1 Å². The minimum atomic E-state index is -0.220. The number of hydrogen-bond donors (Lipinski definition) is 1. The van der Waals surface area contributed by atoms with E-state index in [0.717, 1.165) is 36.2 Å². The summed E-state index contributed by atoms with van der Waals surface area (Å²) in [6, 6.07) is 6.52. The normalized spacial score (nSPS) is 11.5. The highest BCUT2D eigenvalue weighted by atomic mass is 19.1.